The Morgan fingerprint density at radius 3 is 2.50 bits per heavy atom. The van der Waals surface area contributed by atoms with Crippen molar-refractivity contribution in [2.24, 2.45) is 0 Å². The van der Waals surface area contributed by atoms with E-state index in [1.807, 2.05) is 24.1 Å². The van der Waals surface area contributed by atoms with Crippen LogP contribution in [0.25, 0.3) is 0 Å². The van der Waals surface area contributed by atoms with Crippen LogP contribution in [-0.4, -0.2) is 36.9 Å². The van der Waals surface area contributed by atoms with E-state index in [2.05, 4.69) is 10.6 Å². The number of benzene rings is 1. The summed E-state index contributed by atoms with van der Waals surface area (Å²) in [6, 6.07) is 9.14. The second-order valence-electron chi connectivity index (χ2n) is 5.21. The van der Waals surface area contributed by atoms with Crippen molar-refractivity contribution in [2.45, 2.75) is 6.54 Å². The van der Waals surface area contributed by atoms with Crippen molar-refractivity contribution >= 4 is 40.4 Å². The summed E-state index contributed by atoms with van der Waals surface area (Å²) in [5, 5.41) is 5.12. The molecule has 8 heteroatoms. The van der Waals surface area contributed by atoms with E-state index in [-0.39, 0.29) is 30.7 Å². The fourth-order valence-corrected chi connectivity index (χ4v) is 3.14. The van der Waals surface area contributed by atoms with Gasteiger partial charge in [0, 0.05) is 17.1 Å². The van der Waals surface area contributed by atoms with Gasteiger partial charge in [-0.1, -0.05) is 11.6 Å². The average Bonchev–Trinajstić information content (AvgIpc) is 2.92. The predicted molar refractivity (Wildman–Crippen MR) is 93.7 cm³/mol. The molecule has 0 aliphatic heterocycles. The van der Waals surface area contributed by atoms with Crippen molar-refractivity contribution in [3.05, 3.63) is 51.4 Å². The van der Waals surface area contributed by atoms with Crippen LogP contribution in [0.1, 0.15) is 4.88 Å². The summed E-state index contributed by atoms with van der Waals surface area (Å²) in [5.74, 6) is -1.01. The van der Waals surface area contributed by atoms with Crippen molar-refractivity contribution in [3.63, 3.8) is 0 Å². The third kappa shape index (κ3) is 6.27. The van der Waals surface area contributed by atoms with Crippen LogP contribution in [0, 0.1) is 5.82 Å². The number of amides is 2. The molecule has 2 aromatic rings. The van der Waals surface area contributed by atoms with E-state index >= 15 is 0 Å². The number of thiophene rings is 1. The summed E-state index contributed by atoms with van der Waals surface area (Å²) in [6.45, 7) is 0.626. The quantitative estimate of drug-likeness (QED) is 0.788. The molecule has 128 valence electrons. The molecule has 2 amide bonds. The number of anilines is 1. The van der Waals surface area contributed by atoms with Gasteiger partial charge in [0.2, 0.25) is 11.8 Å². The molecule has 1 heterocycles. The first-order valence-electron chi connectivity index (χ1n) is 7.17. The Balaban J connectivity index is 1.70. The third-order valence-corrected chi connectivity index (χ3v) is 4.26. The lowest BCUT2D eigenvalue weighted by atomic mass is 10.3. The number of nitrogens with zero attached hydrogens (tertiary/aromatic N) is 1. The van der Waals surface area contributed by atoms with Gasteiger partial charge in [0.25, 0.3) is 0 Å². The number of nitrogens with one attached hydrogen (secondary N) is 2. The molecule has 0 unspecified atom stereocenters. The Kier molecular flexibility index (Phi) is 6.72. The largest absolute Gasteiger partial charge is 0.346 e. The fourth-order valence-electron chi connectivity index (χ4n) is 1.98. The molecule has 0 fully saturated rings. The fraction of sp³-hybridized carbons (Fsp3) is 0.250. The monoisotopic (exact) mass is 369 g/mol. The molecular weight excluding hydrogens is 353 g/mol. The smallest absolute Gasteiger partial charge is 0.243 e. The van der Waals surface area contributed by atoms with E-state index in [4.69, 9.17) is 11.6 Å². The number of rotatable bonds is 7. The first-order chi connectivity index (χ1) is 11.4. The predicted octanol–water partition coefficient (Wildman–Crippen LogP) is 2.73. The van der Waals surface area contributed by atoms with Crippen LogP contribution in [0.3, 0.4) is 0 Å². The standard InChI is InChI=1S/C16H17ClFN3O2S/c1-21(9-13-6-7-14(17)24-13)10-16(23)19-8-15(22)20-12-4-2-11(18)3-5-12/h2-7H,8-10H2,1H3,(H,19,23)(H,20,22). The summed E-state index contributed by atoms with van der Waals surface area (Å²) in [4.78, 5) is 26.5. The molecule has 0 spiro atoms. The van der Waals surface area contributed by atoms with Crippen LogP contribution in [-0.2, 0) is 16.1 Å². The van der Waals surface area contributed by atoms with Crippen molar-refractivity contribution in [3.8, 4) is 0 Å². The zero-order valence-corrected chi connectivity index (χ0v) is 14.6. The number of hydrogen-bond acceptors (Lipinski definition) is 4. The van der Waals surface area contributed by atoms with Crippen LogP contribution in [0.4, 0.5) is 10.1 Å². The van der Waals surface area contributed by atoms with Gasteiger partial charge in [-0.3, -0.25) is 14.5 Å². The highest BCUT2D eigenvalue weighted by atomic mass is 35.5. The van der Waals surface area contributed by atoms with E-state index in [1.54, 1.807) is 0 Å². The Bertz CT molecular complexity index is 706. The van der Waals surface area contributed by atoms with E-state index in [1.165, 1.54) is 35.6 Å². The summed E-state index contributed by atoms with van der Waals surface area (Å²) in [5.41, 5.74) is 0.474. The molecule has 0 saturated heterocycles. The molecule has 0 saturated carbocycles. The number of halogens is 2. The van der Waals surface area contributed by atoms with E-state index in [0.29, 0.717) is 16.6 Å². The minimum atomic E-state index is -0.378. The molecule has 1 aromatic carbocycles. The lowest BCUT2D eigenvalue weighted by Crippen LogP contribution is -2.38. The van der Waals surface area contributed by atoms with Gasteiger partial charge < -0.3 is 10.6 Å². The minimum absolute atomic E-state index is 0.144. The lowest BCUT2D eigenvalue weighted by molar-refractivity contribution is -0.124. The maximum Gasteiger partial charge on any atom is 0.243 e. The highest BCUT2D eigenvalue weighted by Crippen LogP contribution is 2.22. The van der Waals surface area contributed by atoms with Crippen molar-refractivity contribution < 1.29 is 14.0 Å². The molecular formula is C16H17ClFN3O2S. The molecule has 1 aromatic heterocycles. The normalized spacial score (nSPS) is 10.7. The van der Waals surface area contributed by atoms with E-state index < -0.39 is 0 Å². The molecule has 0 bridgehead atoms. The summed E-state index contributed by atoms with van der Waals surface area (Å²) < 4.78 is 13.5. The molecule has 2 rings (SSSR count). The van der Waals surface area contributed by atoms with Gasteiger partial charge in [-0.25, -0.2) is 4.39 Å². The maximum absolute atomic E-state index is 12.8. The summed E-state index contributed by atoms with van der Waals surface area (Å²) in [6.07, 6.45) is 0. The number of likely N-dealkylation sites (N-methyl/N-ethyl adjacent to an activating group) is 1. The second-order valence-corrected chi connectivity index (χ2v) is 7.01. The van der Waals surface area contributed by atoms with Crippen molar-refractivity contribution in [1.82, 2.24) is 10.2 Å². The number of carbonyl (C=O) groups is 2. The highest BCUT2D eigenvalue weighted by Gasteiger charge is 2.10. The van der Waals surface area contributed by atoms with Crippen LogP contribution >= 0.6 is 22.9 Å². The van der Waals surface area contributed by atoms with Gasteiger partial charge in [-0.05, 0) is 43.4 Å². The Hall–Kier alpha value is -1.96. The van der Waals surface area contributed by atoms with Gasteiger partial charge in [-0.15, -0.1) is 11.3 Å². The van der Waals surface area contributed by atoms with Gasteiger partial charge in [0.1, 0.15) is 5.82 Å². The third-order valence-electron chi connectivity index (χ3n) is 3.04. The maximum atomic E-state index is 12.8. The topological polar surface area (TPSA) is 61.4 Å². The van der Waals surface area contributed by atoms with Crippen LogP contribution in [0.5, 0.6) is 0 Å². The molecule has 0 aliphatic carbocycles. The van der Waals surface area contributed by atoms with Crippen LogP contribution in [0.2, 0.25) is 4.34 Å². The second kappa shape index (κ2) is 8.77. The van der Waals surface area contributed by atoms with Crippen molar-refractivity contribution in [2.75, 3.05) is 25.5 Å². The highest BCUT2D eigenvalue weighted by molar-refractivity contribution is 7.16. The van der Waals surface area contributed by atoms with Gasteiger partial charge in [0.05, 0.1) is 17.4 Å². The number of carbonyl (C=O) groups excluding carboxylic acids is 2. The minimum Gasteiger partial charge on any atom is -0.346 e. The molecule has 2 N–H and O–H groups in total. The van der Waals surface area contributed by atoms with Gasteiger partial charge >= 0.3 is 0 Å². The van der Waals surface area contributed by atoms with Crippen LogP contribution in [0.15, 0.2) is 36.4 Å². The van der Waals surface area contributed by atoms with E-state index in [9.17, 15) is 14.0 Å². The average molecular weight is 370 g/mol. The Morgan fingerprint density at radius 1 is 1.17 bits per heavy atom. The summed E-state index contributed by atoms with van der Waals surface area (Å²) in [7, 11) is 1.81. The zero-order valence-electron chi connectivity index (χ0n) is 13.0. The zero-order chi connectivity index (χ0) is 17.5. The molecule has 5 nitrogen and oxygen atoms in total. The molecule has 0 aliphatic rings. The first kappa shape index (κ1) is 18.4. The van der Waals surface area contributed by atoms with Gasteiger partial charge in [-0.2, -0.15) is 0 Å². The van der Waals surface area contributed by atoms with Crippen molar-refractivity contribution in [1.29, 1.82) is 0 Å². The Labute approximate surface area is 148 Å². The van der Waals surface area contributed by atoms with E-state index in [0.717, 1.165) is 4.88 Å². The molecule has 0 atom stereocenters. The van der Waals surface area contributed by atoms with Crippen LogP contribution < -0.4 is 10.6 Å². The molecule has 0 radical (unpaired) electrons. The lowest BCUT2D eigenvalue weighted by Gasteiger charge is -2.15. The number of hydrogen-bond donors (Lipinski definition) is 2. The first-order valence-corrected chi connectivity index (χ1v) is 8.36. The SMILES string of the molecule is CN(CC(=O)NCC(=O)Nc1ccc(F)cc1)Cc1ccc(Cl)s1. The Morgan fingerprint density at radius 2 is 1.88 bits per heavy atom. The van der Waals surface area contributed by atoms with Gasteiger partial charge in [0.15, 0.2) is 0 Å². The molecule has 24 heavy (non-hydrogen) atoms. The summed E-state index contributed by atoms with van der Waals surface area (Å²) >= 11 is 7.33.